The number of anilines is 1. The molecule has 0 amide bonds. The molecule has 3 saturated heterocycles. The minimum absolute atomic E-state index is 0.596. The second-order valence-corrected chi connectivity index (χ2v) is 5.99. The van der Waals surface area contributed by atoms with E-state index in [4.69, 9.17) is 11.2 Å². The third-order valence-electron chi connectivity index (χ3n) is 4.83. The Bertz CT molecular complexity index is 518. The number of ether oxygens (including phenoxy) is 1. The van der Waals surface area contributed by atoms with E-state index < -0.39 is 0 Å². The Morgan fingerprint density at radius 2 is 1.90 bits per heavy atom. The Hall–Kier alpha value is -1.57. The van der Waals surface area contributed by atoms with Crippen LogP contribution in [0, 0.1) is 12.3 Å². The minimum Gasteiger partial charge on any atom is -0.378 e. The summed E-state index contributed by atoms with van der Waals surface area (Å²) in [7, 11) is 0. The van der Waals surface area contributed by atoms with Crippen LogP contribution in [-0.2, 0) is 4.74 Å². The monoisotopic (exact) mass is 269 g/mol. The lowest BCUT2D eigenvalue weighted by Gasteiger charge is -2.47. The molecule has 0 spiro atoms. The van der Waals surface area contributed by atoms with Crippen LogP contribution >= 0.6 is 0 Å². The molecule has 0 N–H and O–H groups in total. The van der Waals surface area contributed by atoms with Crippen molar-refractivity contribution in [1.82, 2.24) is 9.88 Å². The summed E-state index contributed by atoms with van der Waals surface area (Å²) in [5, 5.41) is 0. The van der Waals surface area contributed by atoms with Crippen LogP contribution in [-0.4, -0.2) is 54.3 Å². The standard InChI is InChI=1S/C16H19N3O/c1-2-12-3-6-16(17-7-12)19-13-4-5-14(19)9-18(8-13)15-10-20-11-15/h1,3,6-7,13-15H,4-5,8-11H2. The molecule has 104 valence electrons. The first kappa shape index (κ1) is 12.2. The zero-order valence-corrected chi connectivity index (χ0v) is 11.5. The summed E-state index contributed by atoms with van der Waals surface area (Å²) in [5.41, 5.74) is 0.853. The number of pyridine rings is 1. The van der Waals surface area contributed by atoms with E-state index in [2.05, 4.69) is 26.8 Å². The van der Waals surface area contributed by atoms with Crippen LogP contribution in [0.4, 0.5) is 5.82 Å². The van der Waals surface area contributed by atoms with E-state index in [1.807, 2.05) is 6.07 Å². The molecule has 0 aliphatic carbocycles. The summed E-state index contributed by atoms with van der Waals surface area (Å²) in [5.74, 6) is 3.71. The van der Waals surface area contributed by atoms with Crippen molar-refractivity contribution in [1.29, 1.82) is 0 Å². The Kier molecular flexibility index (Phi) is 2.90. The predicted octanol–water partition coefficient (Wildman–Crippen LogP) is 1.11. The number of rotatable bonds is 2. The number of hydrogen-bond acceptors (Lipinski definition) is 4. The molecule has 4 heterocycles. The zero-order chi connectivity index (χ0) is 13.5. The van der Waals surface area contributed by atoms with Gasteiger partial charge in [0.2, 0.25) is 0 Å². The topological polar surface area (TPSA) is 28.6 Å². The first-order chi connectivity index (χ1) is 9.85. The average Bonchev–Trinajstić information content (AvgIpc) is 2.68. The Morgan fingerprint density at radius 3 is 2.40 bits per heavy atom. The average molecular weight is 269 g/mol. The minimum atomic E-state index is 0.596. The van der Waals surface area contributed by atoms with Crippen LogP contribution in [0.25, 0.3) is 0 Å². The molecule has 2 atom stereocenters. The lowest BCUT2D eigenvalue weighted by Crippen LogP contribution is -2.61. The summed E-state index contributed by atoms with van der Waals surface area (Å²) < 4.78 is 5.33. The molecule has 0 saturated carbocycles. The molecular formula is C16H19N3O. The van der Waals surface area contributed by atoms with Crippen molar-refractivity contribution < 1.29 is 4.74 Å². The van der Waals surface area contributed by atoms with Crippen LogP contribution in [0.3, 0.4) is 0 Å². The van der Waals surface area contributed by atoms with Crippen LogP contribution in [0.5, 0.6) is 0 Å². The highest BCUT2D eigenvalue weighted by atomic mass is 16.5. The summed E-state index contributed by atoms with van der Waals surface area (Å²) in [6.45, 7) is 4.11. The van der Waals surface area contributed by atoms with Crippen molar-refractivity contribution in [2.24, 2.45) is 0 Å². The molecule has 2 bridgehead atoms. The number of likely N-dealkylation sites (tertiary alicyclic amines) is 1. The Labute approximate surface area is 119 Å². The van der Waals surface area contributed by atoms with Gasteiger partial charge >= 0.3 is 0 Å². The lowest BCUT2D eigenvalue weighted by atomic mass is 10.1. The quantitative estimate of drug-likeness (QED) is 0.752. The molecule has 4 heteroatoms. The van der Waals surface area contributed by atoms with E-state index in [0.29, 0.717) is 18.1 Å². The van der Waals surface area contributed by atoms with Gasteiger partial charge in [0.15, 0.2) is 0 Å². The van der Waals surface area contributed by atoms with Crippen molar-refractivity contribution in [2.45, 2.75) is 31.0 Å². The molecule has 3 aliphatic rings. The van der Waals surface area contributed by atoms with Gasteiger partial charge in [-0.2, -0.15) is 0 Å². The first-order valence-electron chi connectivity index (χ1n) is 7.38. The van der Waals surface area contributed by atoms with E-state index in [1.54, 1.807) is 6.20 Å². The SMILES string of the molecule is C#Cc1ccc(N2C3CCC2CN(C2COC2)C3)nc1. The van der Waals surface area contributed by atoms with Gasteiger partial charge in [-0.25, -0.2) is 4.98 Å². The van der Waals surface area contributed by atoms with Crippen molar-refractivity contribution in [3.63, 3.8) is 0 Å². The van der Waals surface area contributed by atoms with Gasteiger partial charge in [-0.15, -0.1) is 6.42 Å². The highest BCUT2D eigenvalue weighted by molar-refractivity contribution is 5.46. The number of nitrogens with zero attached hydrogens (tertiary/aromatic N) is 3. The molecular weight excluding hydrogens is 250 g/mol. The molecule has 2 unspecified atom stereocenters. The van der Waals surface area contributed by atoms with Gasteiger partial charge in [-0.1, -0.05) is 5.92 Å². The third kappa shape index (κ3) is 1.90. The van der Waals surface area contributed by atoms with Gasteiger partial charge in [-0.3, -0.25) is 4.90 Å². The fourth-order valence-electron chi connectivity index (χ4n) is 3.67. The maximum atomic E-state index is 5.40. The highest BCUT2D eigenvalue weighted by Gasteiger charge is 2.43. The predicted molar refractivity (Wildman–Crippen MR) is 77.6 cm³/mol. The maximum Gasteiger partial charge on any atom is 0.129 e. The van der Waals surface area contributed by atoms with Gasteiger partial charge in [-0.05, 0) is 25.0 Å². The summed E-state index contributed by atoms with van der Waals surface area (Å²) in [4.78, 5) is 9.68. The number of terminal acetylenes is 1. The van der Waals surface area contributed by atoms with E-state index in [1.165, 1.54) is 12.8 Å². The first-order valence-corrected chi connectivity index (χ1v) is 7.38. The second kappa shape index (κ2) is 4.76. The Balaban J connectivity index is 1.53. The molecule has 0 aromatic carbocycles. The van der Waals surface area contributed by atoms with Crippen LogP contribution in [0.15, 0.2) is 18.3 Å². The van der Waals surface area contributed by atoms with Gasteiger partial charge in [0.25, 0.3) is 0 Å². The smallest absolute Gasteiger partial charge is 0.129 e. The van der Waals surface area contributed by atoms with Crippen LogP contribution in [0.2, 0.25) is 0 Å². The van der Waals surface area contributed by atoms with Gasteiger partial charge in [0.05, 0.1) is 19.3 Å². The van der Waals surface area contributed by atoms with E-state index in [9.17, 15) is 0 Å². The number of hydrogen-bond donors (Lipinski definition) is 0. The molecule has 0 radical (unpaired) electrons. The molecule has 20 heavy (non-hydrogen) atoms. The van der Waals surface area contributed by atoms with Gasteiger partial charge < -0.3 is 9.64 Å². The summed E-state index contributed by atoms with van der Waals surface area (Å²) in [6, 6.07) is 5.91. The van der Waals surface area contributed by atoms with Crippen LogP contribution < -0.4 is 4.90 Å². The fourth-order valence-corrected chi connectivity index (χ4v) is 3.67. The molecule has 1 aromatic heterocycles. The van der Waals surface area contributed by atoms with Crippen molar-refractivity contribution >= 4 is 5.82 Å². The van der Waals surface area contributed by atoms with Crippen molar-refractivity contribution in [3.05, 3.63) is 23.9 Å². The number of fused-ring (bicyclic) bond motifs is 2. The molecule has 1 aromatic rings. The van der Waals surface area contributed by atoms with E-state index >= 15 is 0 Å². The van der Waals surface area contributed by atoms with Crippen molar-refractivity contribution in [2.75, 3.05) is 31.2 Å². The van der Waals surface area contributed by atoms with Crippen LogP contribution in [0.1, 0.15) is 18.4 Å². The lowest BCUT2D eigenvalue weighted by molar-refractivity contribution is -0.0705. The van der Waals surface area contributed by atoms with Crippen molar-refractivity contribution in [3.8, 4) is 12.3 Å². The van der Waals surface area contributed by atoms with Gasteiger partial charge in [0.1, 0.15) is 5.82 Å². The largest absolute Gasteiger partial charge is 0.378 e. The fraction of sp³-hybridized carbons (Fsp3) is 0.562. The van der Waals surface area contributed by atoms with Gasteiger partial charge in [0, 0.05) is 36.9 Å². The Morgan fingerprint density at radius 1 is 1.15 bits per heavy atom. The molecule has 3 fully saturated rings. The van der Waals surface area contributed by atoms with E-state index in [0.717, 1.165) is 37.7 Å². The normalized spacial score (nSPS) is 30.1. The summed E-state index contributed by atoms with van der Waals surface area (Å²) >= 11 is 0. The molecule has 4 nitrogen and oxygen atoms in total. The molecule has 4 rings (SSSR count). The maximum absolute atomic E-state index is 5.40. The number of aromatic nitrogens is 1. The highest BCUT2D eigenvalue weighted by Crippen LogP contribution is 2.35. The zero-order valence-electron chi connectivity index (χ0n) is 11.5. The second-order valence-electron chi connectivity index (χ2n) is 5.99. The summed E-state index contributed by atoms with van der Waals surface area (Å²) in [6.07, 6.45) is 9.75. The third-order valence-corrected chi connectivity index (χ3v) is 4.83. The van der Waals surface area contributed by atoms with E-state index in [-0.39, 0.29) is 0 Å². The number of piperazine rings is 1. The molecule has 3 aliphatic heterocycles.